The Labute approximate surface area is 191 Å². The summed E-state index contributed by atoms with van der Waals surface area (Å²) in [6.07, 6.45) is 4.47. The van der Waals surface area contributed by atoms with Crippen molar-refractivity contribution in [1.82, 2.24) is 15.1 Å². The summed E-state index contributed by atoms with van der Waals surface area (Å²) in [5.41, 5.74) is 2.39. The Bertz CT molecular complexity index is 867. The maximum atomic E-state index is 12.8. The van der Waals surface area contributed by atoms with E-state index in [1.165, 1.54) is 0 Å². The van der Waals surface area contributed by atoms with Crippen LogP contribution in [0.4, 0.5) is 0 Å². The quantitative estimate of drug-likeness (QED) is 0.398. The molecule has 0 spiro atoms. The summed E-state index contributed by atoms with van der Waals surface area (Å²) in [7, 11) is 2.13. The molecule has 0 aliphatic carbocycles. The molecule has 0 radical (unpaired) electrons. The Balaban J connectivity index is 0.000000807. The topological polar surface area (TPSA) is 69.7 Å². The summed E-state index contributed by atoms with van der Waals surface area (Å²) in [4.78, 5) is 40.3. The first-order valence-electron chi connectivity index (χ1n) is 10.9. The highest BCUT2D eigenvalue weighted by Crippen LogP contribution is 2.29. The van der Waals surface area contributed by atoms with Gasteiger partial charge < -0.3 is 9.80 Å². The Morgan fingerprint density at radius 3 is 2.39 bits per heavy atom. The Hall–Kier alpha value is -2.30. The highest BCUT2D eigenvalue weighted by molar-refractivity contribution is 7.79. The van der Waals surface area contributed by atoms with E-state index in [-0.39, 0.29) is 24.1 Å². The van der Waals surface area contributed by atoms with Crippen LogP contribution in [-0.4, -0.2) is 60.0 Å². The monoisotopic (exact) mass is 443 g/mol. The summed E-state index contributed by atoms with van der Waals surface area (Å²) >= 11 is 3.53. The van der Waals surface area contributed by atoms with Crippen molar-refractivity contribution in [3.05, 3.63) is 34.9 Å². The number of imide groups is 1. The van der Waals surface area contributed by atoms with Gasteiger partial charge in [0, 0.05) is 30.0 Å². The van der Waals surface area contributed by atoms with Gasteiger partial charge >= 0.3 is 0 Å². The third-order valence-electron chi connectivity index (χ3n) is 5.71. The van der Waals surface area contributed by atoms with Crippen molar-refractivity contribution in [3.8, 4) is 11.8 Å². The summed E-state index contributed by atoms with van der Waals surface area (Å²) in [6.45, 7) is 6.50. The maximum Gasteiger partial charge on any atom is 0.255 e. The van der Waals surface area contributed by atoms with Crippen molar-refractivity contribution in [2.24, 2.45) is 5.92 Å². The molecule has 6 nitrogen and oxygen atoms in total. The predicted octanol–water partition coefficient (Wildman–Crippen LogP) is 2.71. The fourth-order valence-electron chi connectivity index (χ4n) is 4.04. The fourth-order valence-corrected chi connectivity index (χ4v) is 4.04. The van der Waals surface area contributed by atoms with E-state index in [2.05, 4.69) is 41.7 Å². The minimum Gasteiger partial charge on any atom is -0.322 e. The third-order valence-corrected chi connectivity index (χ3v) is 5.71. The number of amides is 3. The molecule has 2 fully saturated rings. The van der Waals surface area contributed by atoms with Crippen LogP contribution in [0.1, 0.15) is 61.0 Å². The number of carbonyl (C=O) groups excluding carboxylic acids is 3. The fraction of sp³-hybridized carbons (Fsp3) is 0.542. The average molecular weight is 444 g/mol. The van der Waals surface area contributed by atoms with Gasteiger partial charge in [0.1, 0.15) is 6.04 Å². The number of likely N-dealkylation sites (tertiary alicyclic amines) is 1. The lowest BCUT2D eigenvalue weighted by molar-refractivity contribution is -0.136. The zero-order valence-electron chi connectivity index (χ0n) is 18.9. The second-order valence-corrected chi connectivity index (χ2v) is 7.58. The van der Waals surface area contributed by atoms with Crippen LogP contribution >= 0.6 is 12.6 Å². The highest BCUT2D eigenvalue weighted by Gasteiger charge is 2.39. The van der Waals surface area contributed by atoms with E-state index in [4.69, 9.17) is 0 Å². The van der Waals surface area contributed by atoms with Crippen molar-refractivity contribution in [2.75, 3.05) is 26.4 Å². The van der Waals surface area contributed by atoms with Gasteiger partial charge in [-0.05, 0) is 63.4 Å². The van der Waals surface area contributed by atoms with E-state index < -0.39 is 6.04 Å². The van der Waals surface area contributed by atoms with Gasteiger partial charge in [-0.15, -0.1) is 0 Å². The van der Waals surface area contributed by atoms with E-state index in [1.807, 2.05) is 26.0 Å². The van der Waals surface area contributed by atoms with Crippen LogP contribution in [0, 0.1) is 17.8 Å². The number of hydrogen-bond donors (Lipinski definition) is 2. The lowest BCUT2D eigenvalue weighted by atomic mass is 9.96. The number of carbonyl (C=O) groups is 3. The molecule has 3 aliphatic heterocycles. The normalized spacial score (nSPS) is 21.0. The maximum absolute atomic E-state index is 12.8. The SMILES string of the molecule is CC.CN1CCC(C#Cc2cccc3c2CN(C2CCC(=O)NC2=O)C3=O)CC1.CS. The number of nitrogens with zero attached hydrogens (tertiary/aromatic N) is 2. The standard InChI is InChI=1S/C21H23N3O3.C2H6.CH4S/c1-23-11-9-14(10-12-23)5-6-15-3-2-4-16-17(15)13-24(21(16)27)18-7-8-19(25)22-20(18)26;2*1-2/h2-4,14,18H,7-13H2,1H3,(H,22,25,26);1-2H3;2H,1H3. The van der Waals surface area contributed by atoms with E-state index in [1.54, 1.807) is 17.2 Å². The highest BCUT2D eigenvalue weighted by atomic mass is 32.1. The lowest BCUT2D eigenvalue weighted by Crippen LogP contribution is -2.52. The molecule has 168 valence electrons. The third kappa shape index (κ3) is 5.90. The number of piperidine rings is 2. The second-order valence-electron chi connectivity index (χ2n) is 7.58. The number of fused-ring (bicyclic) bond motifs is 1. The number of rotatable bonds is 1. The molecule has 2 saturated heterocycles. The van der Waals surface area contributed by atoms with Crippen LogP contribution in [0.15, 0.2) is 18.2 Å². The summed E-state index contributed by atoms with van der Waals surface area (Å²) in [5, 5.41) is 2.34. The smallest absolute Gasteiger partial charge is 0.255 e. The molecule has 3 heterocycles. The van der Waals surface area contributed by atoms with Crippen LogP contribution in [0.3, 0.4) is 0 Å². The van der Waals surface area contributed by atoms with Crippen LogP contribution < -0.4 is 5.32 Å². The van der Waals surface area contributed by atoms with Crippen LogP contribution in [0.2, 0.25) is 0 Å². The zero-order chi connectivity index (χ0) is 23.0. The van der Waals surface area contributed by atoms with Crippen molar-refractivity contribution < 1.29 is 14.4 Å². The lowest BCUT2D eigenvalue weighted by Gasteiger charge is -2.29. The van der Waals surface area contributed by atoms with Crippen LogP contribution in [-0.2, 0) is 16.1 Å². The van der Waals surface area contributed by atoms with E-state index in [0.29, 0.717) is 24.4 Å². The number of thiol groups is 1. The Morgan fingerprint density at radius 2 is 1.74 bits per heavy atom. The summed E-state index contributed by atoms with van der Waals surface area (Å²) in [5.74, 6) is 6.25. The first-order chi connectivity index (χ1) is 15.0. The van der Waals surface area contributed by atoms with Gasteiger partial charge in [0.05, 0.1) is 0 Å². The van der Waals surface area contributed by atoms with Gasteiger partial charge in [0.2, 0.25) is 11.8 Å². The van der Waals surface area contributed by atoms with Crippen molar-refractivity contribution in [1.29, 1.82) is 0 Å². The second kappa shape index (κ2) is 11.9. The minimum absolute atomic E-state index is 0.151. The average Bonchev–Trinajstić information content (AvgIpc) is 3.13. The molecule has 0 saturated carbocycles. The molecule has 1 unspecified atom stereocenters. The summed E-state index contributed by atoms with van der Waals surface area (Å²) in [6, 6.07) is 5.01. The molecular weight excluding hydrogens is 410 g/mol. The van der Waals surface area contributed by atoms with Crippen LogP contribution in [0.5, 0.6) is 0 Å². The molecular formula is C24H33N3O3S. The van der Waals surface area contributed by atoms with E-state index >= 15 is 0 Å². The largest absolute Gasteiger partial charge is 0.322 e. The van der Waals surface area contributed by atoms with Crippen molar-refractivity contribution in [3.63, 3.8) is 0 Å². The Kier molecular flexibility index (Phi) is 9.60. The minimum atomic E-state index is -0.586. The molecule has 4 rings (SSSR count). The molecule has 1 aromatic rings. The molecule has 0 bridgehead atoms. The summed E-state index contributed by atoms with van der Waals surface area (Å²) < 4.78 is 0. The Morgan fingerprint density at radius 1 is 1.06 bits per heavy atom. The molecule has 3 amide bonds. The van der Waals surface area contributed by atoms with Gasteiger partial charge in [-0.1, -0.05) is 31.8 Å². The van der Waals surface area contributed by atoms with Gasteiger partial charge in [-0.2, -0.15) is 12.6 Å². The number of hydrogen-bond acceptors (Lipinski definition) is 5. The molecule has 31 heavy (non-hydrogen) atoms. The van der Waals surface area contributed by atoms with E-state index in [9.17, 15) is 14.4 Å². The van der Waals surface area contributed by atoms with Gasteiger partial charge in [0.25, 0.3) is 5.91 Å². The first kappa shape index (κ1) is 25.0. The van der Waals surface area contributed by atoms with Gasteiger partial charge in [0.15, 0.2) is 0 Å². The van der Waals surface area contributed by atoms with Gasteiger partial charge in [-0.25, -0.2) is 0 Å². The molecule has 1 N–H and O–H groups in total. The molecule has 7 heteroatoms. The zero-order valence-corrected chi connectivity index (χ0v) is 19.8. The van der Waals surface area contributed by atoms with Crippen molar-refractivity contribution in [2.45, 2.75) is 52.1 Å². The number of nitrogens with one attached hydrogen (secondary N) is 1. The van der Waals surface area contributed by atoms with E-state index in [0.717, 1.165) is 37.1 Å². The molecule has 1 atom stereocenters. The van der Waals surface area contributed by atoms with Gasteiger partial charge in [-0.3, -0.25) is 19.7 Å². The molecule has 1 aromatic carbocycles. The van der Waals surface area contributed by atoms with Crippen LogP contribution in [0.25, 0.3) is 0 Å². The number of benzene rings is 1. The van der Waals surface area contributed by atoms with Crippen molar-refractivity contribution >= 4 is 30.4 Å². The first-order valence-corrected chi connectivity index (χ1v) is 11.8. The molecule has 3 aliphatic rings. The predicted molar refractivity (Wildman–Crippen MR) is 126 cm³/mol. The molecule has 0 aromatic heterocycles.